The summed E-state index contributed by atoms with van der Waals surface area (Å²) >= 11 is 0. The molecule has 2 rings (SSSR count). The Labute approximate surface area is 151 Å². The summed E-state index contributed by atoms with van der Waals surface area (Å²) in [5.41, 5.74) is 0.559. The number of unbranched alkanes of at least 4 members (excludes halogenated alkanes) is 1. The summed E-state index contributed by atoms with van der Waals surface area (Å²) in [7, 11) is 1.51. The van der Waals surface area contributed by atoms with Gasteiger partial charge in [0.15, 0.2) is 0 Å². The largest absolute Gasteiger partial charge is 0.548 e. The Morgan fingerprint density at radius 3 is 2.69 bits per heavy atom. The second-order valence-electron chi connectivity index (χ2n) is 6.11. The molecule has 0 bridgehead atoms. The van der Waals surface area contributed by atoms with Crippen molar-refractivity contribution in [2.24, 2.45) is 0 Å². The molecule has 0 fully saturated rings. The van der Waals surface area contributed by atoms with Gasteiger partial charge in [-0.15, -0.1) is 0 Å². The van der Waals surface area contributed by atoms with E-state index in [4.69, 9.17) is 9.15 Å². The maximum atomic E-state index is 12.3. The fourth-order valence-electron chi connectivity index (χ4n) is 2.77. The number of aryl methyl sites for hydroxylation is 1. The first-order valence-corrected chi connectivity index (χ1v) is 8.47. The van der Waals surface area contributed by atoms with Gasteiger partial charge in [-0.1, -0.05) is 19.8 Å². The number of methoxy groups -OCH3 is 1. The highest BCUT2D eigenvalue weighted by Gasteiger charge is 2.18. The van der Waals surface area contributed by atoms with Crippen molar-refractivity contribution in [2.75, 3.05) is 7.11 Å². The van der Waals surface area contributed by atoms with Gasteiger partial charge in [0.1, 0.15) is 11.3 Å². The van der Waals surface area contributed by atoms with Crippen molar-refractivity contribution in [1.82, 2.24) is 5.32 Å². The summed E-state index contributed by atoms with van der Waals surface area (Å²) in [6, 6.07) is 4.01. The number of rotatable bonds is 8. The van der Waals surface area contributed by atoms with Crippen LogP contribution in [0.4, 0.5) is 0 Å². The lowest BCUT2D eigenvalue weighted by molar-refractivity contribution is -0.308. The first kappa shape index (κ1) is 19.5. The standard InChI is InChI=1S/C19H23NO6/c1-4-5-6-15(18(22)23)20-17(21)10-14-11(2)13-8-7-12(25-3)9-16(13)26-19(14)24/h7-9,15H,4-6,10H2,1-3H3,(H,20,21)(H,22,23)/p-1/t15-/m0/s1. The SMILES string of the molecule is CCCC[C@H](NC(=O)Cc1c(C)c2ccc(OC)cc2oc1=O)C(=O)[O-]. The zero-order chi connectivity index (χ0) is 19.3. The number of aliphatic carboxylic acids is 1. The van der Waals surface area contributed by atoms with Gasteiger partial charge < -0.3 is 24.4 Å². The van der Waals surface area contributed by atoms with E-state index in [1.165, 1.54) is 7.11 Å². The van der Waals surface area contributed by atoms with Crippen LogP contribution in [0.25, 0.3) is 11.0 Å². The van der Waals surface area contributed by atoms with Crippen molar-refractivity contribution < 1.29 is 23.8 Å². The molecule has 0 aliphatic carbocycles. The van der Waals surface area contributed by atoms with Gasteiger partial charge in [0.25, 0.3) is 0 Å². The van der Waals surface area contributed by atoms with Gasteiger partial charge in [-0.05, 0) is 31.0 Å². The third kappa shape index (κ3) is 4.41. The lowest BCUT2D eigenvalue weighted by Gasteiger charge is -2.19. The van der Waals surface area contributed by atoms with Crippen LogP contribution in [-0.4, -0.2) is 25.0 Å². The van der Waals surface area contributed by atoms with E-state index in [0.717, 1.165) is 6.42 Å². The maximum absolute atomic E-state index is 12.3. The third-order valence-corrected chi connectivity index (χ3v) is 4.30. The predicted molar refractivity (Wildman–Crippen MR) is 93.9 cm³/mol. The van der Waals surface area contributed by atoms with Crippen LogP contribution < -0.4 is 20.8 Å². The molecule has 7 heteroatoms. The number of amides is 1. The zero-order valence-electron chi connectivity index (χ0n) is 15.1. The lowest BCUT2D eigenvalue weighted by atomic mass is 10.0. The van der Waals surface area contributed by atoms with Crippen molar-refractivity contribution in [3.05, 3.63) is 39.7 Å². The smallest absolute Gasteiger partial charge is 0.340 e. The molecule has 0 aliphatic rings. The molecule has 140 valence electrons. The molecule has 0 spiro atoms. The van der Waals surface area contributed by atoms with Crippen molar-refractivity contribution in [3.63, 3.8) is 0 Å². The van der Waals surface area contributed by atoms with E-state index in [1.54, 1.807) is 25.1 Å². The van der Waals surface area contributed by atoms with E-state index in [-0.39, 0.29) is 18.4 Å². The Morgan fingerprint density at radius 1 is 1.35 bits per heavy atom. The van der Waals surface area contributed by atoms with E-state index in [0.29, 0.717) is 28.7 Å². The molecule has 1 N–H and O–H groups in total. The molecule has 7 nitrogen and oxygen atoms in total. The molecule has 1 atom stereocenters. The van der Waals surface area contributed by atoms with E-state index < -0.39 is 23.5 Å². The Kier molecular flexibility index (Phi) is 6.38. The summed E-state index contributed by atoms with van der Waals surface area (Å²) < 4.78 is 10.4. The average molecular weight is 360 g/mol. The van der Waals surface area contributed by atoms with Crippen molar-refractivity contribution >= 4 is 22.8 Å². The van der Waals surface area contributed by atoms with Crippen LogP contribution in [0.3, 0.4) is 0 Å². The van der Waals surface area contributed by atoms with E-state index in [2.05, 4.69) is 5.32 Å². The number of carbonyl (C=O) groups excluding carboxylic acids is 2. The summed E-state index contributed by atoms with van der Waals surface area (Å²) in [5.74, 6) is -1.34. The van der Waals surface area contributed by atoms with Crippen LogP contribution in [0.5, 0.6) is 5.75 Å². The number of carboxylic acids is 1. The molecular formula is C19H22NO6-. The topological polar surface area (TPSA) is 109 Å². The van der Waals surface area contributed by atoms with Gasteiger partial charge in [-0.2, -0.15) is 0 Å². The van der Waals surface area contributed by atoms with E-state index in [1.807, 2.05) is 6.92 Å². The lowest BCUT2D eigenvalue weighted by Crippen LogP contribution is -2.48. The number of hydrogen-bond acceptors (Lipinski definition) is 6. The summed E-state index contributed by atoms with van der Waals surface area (Å²) in [4.78, 5) is 35.6. The Hall–Kier alpha value is -2.83. The minimum absolute atomic E-state index is 0.202. The molecule has 0 saturated heterocycles. The minimum atomic E-state index is -1.33. The minimum Gasteiger partial charge on any atom is -0.548 e. The van der Waals surface area contributed by atoms with Gasteiger partial charge in [-0.25, -0.2) is 4.79 Å². The molecule has 2 aromatic rings. The normalized spacial score (nSPS) is 12.0. The molecule has 0 unspecified atom stereocenters. The Balaban J connectivity index is 2.25. The second kappa shape index (κ2) is 8.51. The number of fused-ring (bicyclic) bond motifs is 1. The Morgan fingerprint density at radius 2 is 2.08 bits per heavy atom. The maximum Gasteiger partial charge on any atom is 0.340 e. The van der Waals surface area contributed by atoms with Gasteiger partial charge in [0, 0.05) is 11.5 Å². The number of nitrogens with one attached hydrogen (secondary N) is 1. The van der Waals surface area contributed by atoms with Crippen LogP contribution in [0.2, 0.25) is 0 Å². The van der Waals surface area contributed by atoms with E-state index >= 15 is 0 Å². The average Bonchev–Trinajstić information content (AvgIpc) is 2.61. The molecule has 26 heavy (non-hydrogen) atoms. The molecule has 0 aliphatic heterocycles. The highest BCUT2D eigenvalue weighted by atomic mass is 16.5. The number of ether oxygens (including phenoxy) is 1. The second-order valence-corrected chi connectivity index (χ2v) is 6.11. The highest BCUT2D eigenvalue weighted by molar-refractivity contribution is 5.87. The molecule has 0 radical (unpaired) electrons. The third-order valence-electron chi connectivity index (χ3n) is 4.30. The molecule has 1 heterocycles. The van der Waals surface area contributed by atoms with Crippen LogP contribution in [0.1, 0.15) is 37.3 Å². The van der Waals surface area contributed by atoms with Crippen LogP contribution >= 0.6 is 0 Å². The number of carbonyl (C=O) groups is 2. The molecule has 0 saturated carbocycles. The van der Waals surface area contributed by atoms with Gasteiger partial charge >= 0.3 is 5.63 Å². The first-order valence-electron chi connectivity index (χ1n) is 8.47. The zero-order valence-corrected chi connectivity index (χ0v) is 15.1. The van der Waals surface area contributed by atoms with Gasteiger partial charge in [0.2, 0.25) is 5.91 Å². The summed E-state index contributed by atoms with van der Waals surface area (Å²) in [5, 5.41) is 14.3. The van der Waals surface area contributed by atoms with Crippen molar-refractivity contribution in [1.29, 1.82) is 0 Å². The summed E-state index contributed by atoms with van der Waals surface area (Å²) in [6.07, 6.45) is 1.48. The number of carboxylic acid groups (broad SMARTS) is 1. The fourth-order valence-corrected chi connectivity index (χ4v) is 2.77. The van der Waals surface area contributed by atoms with Crippen LogP contribution in [0.15, 0.2) is 27.4 Å². The van der Waals surface area contributed by atoms with Crippen LogP contribution in [0, 0.1) is 6.92 Å². The van der Waals surface area contributed by atoms with Crippen molar-refractivity contribution in [2.45, 2.75) is 45.6 Å². The monoisotopic (exact) mass is 360 g/mol. The fraction of sp³-hybridized carbons (Fsp3) is 0.421. The van der Waals surface area contributed by atoms with Crippen LogP contribution in [-0.2, 0) is 16.0 Å². The van der Waals surface area contributed by atoms with E-state index in [9.17, 15) is 19.5 Å². The summed E-state index contributed by atoms with van der Waals surface area (Å²) in [6.45, 7) is 3.65. The van der Waals surface area contributed by atoms with Gasteiger partial charge in [0.05, 0.1) is 31.1 Å². The quantitative estimate of drug-likeness (QED) is 0.706. The number of benzene rings is 1. The molecular weight excluding hydrogens is 338 g/mol. The molecule has 1 amide bonds. The molecule has 1 aromatic heterocycles. The number of hydrogen-bond donors (Lipinski definition) is 1. The first-order chi connectivity index (χ1) is 12.4. The predicted octanol–water partition coefficient (Wildman–Crippen LogP) is 1.08. The highest BCUT2D eigenvalue weighted by Crippen LogP contribution is 2.24. The molecule has 1 aromatic carbocycles. The van der Waals surface area contributed by atoms with Crippen molar-refractivity contribution in [3.8, 4) is 5.75 Å². The van der Waals surface area contributed by atoms with Gasteiger partial charge in [-0.3, -0.25) is 4.79 Å². The Bertz CT molecular complexity index is 870.